The molecule has 0 radical (unpaired) electrons. The maximum atomic E-state index is 12.2. The van der Waals surface area contributed by atoms with E-state index in [4.69, 9.17) is 0 Å². The van der Waals surface area contributed by atoms with Crippen LogP contribution in [0.5, 0.6) is 0 Å². The molecule has 0 N–H and O–H groups in total. The molecule has 106 valence electrons. The summed E-state index contributed by atoms with van der Waals surface area (Å²) in [6.07, 6.45) is 10.1. The number of hydrogen-bond donors (Lipinski definition) is 0. The van der Waals surface area contributed by atoms with Gasteiger partial charge in [0, 0.05) is 24.9 Å². The molecule has 1 aromatic rings. The lowest BCUT2D eigenvalue weighted by Gasteiger charge is -2.35. The van der Waals surface area contributed by atoms with Gasteiger partial charge in [0.2, 0.25) is 5.91 Å². The maximum absolute atomic E-state index is 12.2. The Bertz CT molecular complexity index is 419. The van der Waals surface area contributed by atoms with Crippen LogP contribution in [0.2, 0.25) is 0 Å². The van der Waals surface area contributed by atoms with Gasteiger partial charge in [-0.05, 0) is 38.0 Å². The SMILES string of the molecule is CSCCC(=O)N1CCCC[C@H]1Cn1cc(C)cn1. The van der Waals surface area contributed by atoms with Crippen LogP contribution in [-0.2, 0) is 11.3 Å². The number of amides is 1. The van der Waals surface area contributed by atoms with Crippen molar-refractivity contribution in [1.82, 2.24) is 14.7 Å². The van der Waals surface area contributed by atoms with Crippen molar-refractivity contribution in [2.24, 2.45) is 0 Å². The summed E-state index contributed by atoms with van der Waals surface area (Å²) in [6.45, 7) is 3.79. The molecule has 1 saturated heterocycles. The summed E-state index contributed by atoms with van der Waals surface area (Å²) in [6, 6.07) is 0.322. The van der Waals surface area contributed by atoms with Crippen molar-refractivity contribution in [3.63, 3.8) is 0 Å². The van der Waals surface area contributed by atoms with E-state index in [0.717, 1.165) is 31.7 Å². The fourth-order valence-corrected chi connectivity index (χ4v) is 3.01. The molecule has 0 bridgehead atoms. The fraction of sp³-hybridized carbons (Fsp3) is 0.714. The van der Waals surface area contributed by atoms with Crippen LogP contribution < -0.4 is 0 Å². The predicted molar refractivity (Wildman–Crippen MR) is 79.3 cm³/mol. The van der Waals surface area contributed by atoms with Gasteiger partial charge in [0.15, 0.2) is 0 Å². The Balaban J connectivity index is 1.97. The van der Waals surface area contributed by atoms with E-state index in [1.54, 1.807) is 11.8 Å². The minimum absolute atomic E-state index is 0.308. The molecule has 1 fully saturated rings. The number of hydrogen-bond acceptors (Lipinski definition) is 3. The zero-order valence-corrected chi connectivity index (χ0v) is 12.7. The molecule has 5 heteroatoms. The highest BCUT2D eigenvalue weighted by Crippen LogP contribution is 2.20. The van der Waals surface area contributed by atoms with Crippen LogP contribution in [-0.4, -0.2) is 45.2 Å². The number of carbonyl (C=O) groups excluding carboxylic acids is 1. The Hall–Kier alpha value is -0.970. The van der Waals surface area contributed by atoms with Crippen LogP contribution in [0, 0.1) is 6.92 Å². The molecule has 0 unspecified atom stereocenters. The maximum Gasteiger partial charge on any atom is 0.223 e. The Morgan fingerprint density at radius 3 is 3.05 bits per heavy atom. The van der Waals surface area contributed by atoms with Gasteiger partial charge in [-0.1, -0.05) is 0 Å². The summed E-state index contributed by atoms with van der Waals surface area (Å²) in [5, 5.41) is 4.34. The van der Waals surface area contributed by atoms with Gasteiger partial charge < -0.3 is 4.90 Å². The number of carbonyl (C=O) groups is 1. The summed E-state index contributed by atoms with van der Waals surface area (Å²) in [5.74, 6) is 1.23. The normalized spacial score (nSPS) is 19.7. The molecule has 0 aromatic carbocycles. The summed E-state index contributed by atoms with van der Waals surface area (Å²) in [4.78, 5) is 14.3. The molecule has 4 nitrogen and oxygen atoms in total. The second-order valence-electron chi connectivity index (χ2n) is 5.22. The molecular formula is C14H23N3OS. The van der Waals surface area contributed by atoms with Crippen molar-refractivity contribution >= 4 is 17.7 Å². The number of rotatable bonds is 5. The standard InChI is InChI=1S/C14H23N3OS/c1-12-9-15-16(10-12)11-13-5-3-4-7-17(13)14(18)6-8-19-2/h9-10,13H,3-8,11H2,1-2H3/t13-/m0/s1. The molecule has 1 aromatic heterocycles. The lowest BCUT2D eigenvalue weighted by atomic mass is 10.0. The first kappa shape index (κ1) is 14.4. The fourth-order valence-electron chi connectivity index (χ4n) is 2.63. The highest BCUT2D eigenvalue weighted by Gasteiger charge is 2.26. The first-order valence-corrected chi connectivity index (χ1v) is 8.37. The van der Waals surface area contributed by atoms with Crippen molar-refractivity contribution < 1.29 is 4.79 Å². The van der Waals surface area contributed by atoms with Gasteiger partial charge in [-0.3, -0.25) is 9.48 Å². The van der Waals surface area contributed by atoms with Gasteiger partial charge in [-0.2, -0.15) is 16.9 Å². The average molecular weight is 281 g/mol. The molecule has 0 aliphatic carbocycles. The third-order valence-electron chi connectivity index (χ3n) is 3.63. The molecule has 1 aliphatic heterocycles. The molecular weight excluding hydrogens is 258 g/mol. The van der Waals surface area contributed by atoms with Crippen LogP contribution in [0.4, 0.5) is 0 Å². The number of aromatic nitrogens is 2. The van der Waals surface area contributed by atoms with Gasteiger partial charge >= 0.3 is 0 Å². The van der Waals surface area contributed by atoms with Gasteiger partial charge in [-0.15, -0.1) is 0 Å². The van der Waals surface area contributed by atoms with Gasteiger partial charge in [0.25, 0.3) is 0 Å². The van der Waals surface area contributed by atoms with Gasteiger partial charge in [0.1, 0.15) is 0 Å². The minimum atomic E-state index is 0.308. The molecule has 1 amide bonds. The quantitative estimate of drug-likeness (QED) is 0.831. The third-order valence-corrected chi connectivity index (χ3v) is 4.24. The van der Waals surface area contributed by atoms with Crippen LogP contribution >= 0.6 is 11.8 Å². The monoisotopic (exact) mass is 281 g/mol. The molecule has 1 aliphatic rings. The van der Waals surface area contributed by atoms with Crippen molar-refractivity contribution in [2.45, 2.75) is 45.2 Å². The molecule has 2 heterocycles. The third kappa shape index (κ3) is 4.00. The molecule has 0 spiro atoms. The Kier molecular flexibility index (Phi) is 5.31. The van der Waals surface area contributed by atoms with Gasteiger partial charge in [-0.25, -0.2) is 0 Å². The van der Waals surface area contributed by atoms with Crippen LogP contribution in [0.3, 0.4) is 0 Å². The van der Waals surface area contributed by atoms with E-state index in [0.29, 0.717) is 18.4 Å². The predicted octanol–water partition coefficient (Wildman–Crippen LogP) is 2.33. The summed E-state index contributed by atoms with van der Waals surface area (Å²) in [5.41, 5.74) is 1.18. The van der Waals surface area contributed by atoms with E-state index in [2.05, 4.69) is 16.2 Å². The number of likely N-dealkylation sites (tertiary alicyclic amines) is 1. The largest absolute Gasteiger partial charge is 0.338 e. The Morgan fingerprint density at radius 2 is 2.37 bits per heavy atom. The van der Waals surface area contributed by atoms with E-state index in [1.165, 1.54) is 12.0 Å². The zero-order chi connectivity index (χ0) is 13.7. The Labute approximate surface area is 119 Å². The number of piperidine rings is 1. The molecule has 1 atom stereocenters. The van der Waals surface area contributed by atoms with E-state index in [9.17, 15) is 4.79 Å². The van der Waals surface area contributed by atoms with Crippen molar-refractivity contribution in [2.75, 3.05) is 18.6 Å². The smallest absolute Gasteiger partial charge is 0.223 e. The average Bonchev–Trinajstić information content (AvgIpc) is 2.82. The van der Waals surface area contributed by atoms with Crippen molar-refractivity contribution in [3.8, 4) is 0 Å². The van der Waals surface area contributed by atoms with E-state index in [-0.39, 0.29) is 0 Å². The molecule has 2 rings (SSSR count). The van der Waals surface area contributed by atoms with Crippen LogP contribution in [0.15, 0.2) is 12.4 Å². The number of aryl methyl sites for hydroxylation is 1. The second-order valence-corrected chi connectivity index (χ2v) is 6.20. The van der Waals surface area contributed by atoms with Crippen molar-refractivity contribution in [3.05, 3.63) is 18.0 Å². The highest BCUT2D eigenvalue weighted by molar-refractivity contribution is 7.98. The van der Waals surface area contributed by atoms with Crippen LogP contribution in [0.1, 0.15) is 31.2 Å². The van der Waals surface area contributed by atoms with E-state index >= 15 is 0 Å². The first-order valence-electron chi connectivity index (χ1n) is 6.98. The lowest BCUT2D eigenvalue weighted by molar-refractivity contribution is -0.134. The van der Waals surface area contributed by atoms with Crippen LogP contribution in [0.25, 0.3) is 0 Å². The zero-order valence-electron chi connectivity index (χ0n) is 11.8. The Morgan fingerprint density at radius 1 is 1.53 bits per heavy atom. The number of thioether (sulfide) groups is 1. The van der Waals surface area contributed by atoms with Crippen molar-refractivity contribution in [1.29, 1.82) is 0 Å². The molecule has 19 heavy (non-hydrogen) atoms. The van der Waals surface area contributed by atoms with Gasteiger partial charge in [0.05, 0.1) is 18.8 Å². The molecule has 0 saturated carbocycles. The minimum Gasteiger partial charge on any atom is -0.338 e. The van der Waals surface area contributed by atoms with E-state index in [1.807, 2.05) is 24.1 Å². The highest BCUT2D eigenvalue weighted by atomic mass is 32.2. The van der Waals surface area contributed by atoms with E-state index < -0.39 is 0 Å². The summed E-state index contributed by atoms with van der Waals surface area (Å²) in [7, 11) is 0. The topological polar surface area (TPSA) is 38.1 Å². The summed E-state index contributed by atoms with van der Waals surface area (Å²) < 4.78 is 1.97. The number of nitrogens with zero attached hydrogens (tertiary/aromatic N) is 3. The first-order chi connectivity index (χ1) is 9.20. The summed E-state index contributed by atoms with van der Waals surface area (Å²) >= 11 is 1.74. The second kappa shape index (κ2) is 6.98. The lowest BCUT2D eigenvalue weighted by Crippen LogP contribution is -2.46.